The van der Waals surface area contributed by atoms with Gasteiger partial charge in [-0.2, -0.15) is 0 Å². The summed E-state index contributed by atoms with van der Waals surface area (Å²) in [5, 5.41) is 11.8. The molecule has 0 fully saturated rings. The van der Waals surface area contributed by atoms with Gasteiger partial charge < -0.3 is 5.32 Å². The van der Waals surface area contributed by atoms with Crippen molar-refractivity contribution in [3.05, 3.63) is 93.8 Å². The van der Waals surface area contributed by atoms with Gasteiger partial charge in [0.15, 0.2) is 0 Å². The lowest BCUT2D eigenvalue weighted by molar-refractivity contribution is -0.121. The van der Waals surface area contributed by atoms with Gasteiger partial charge in [0.1, 0.15) is 5.82 Å². The molecule has 0 radical (unpaired) electrons. The number of aromatic nitrogens is 4. The van der Waals surface area contributed by atoms with E-state index >= 15 is 0 Å². The molecule has 8 heteroatoms. The first-order chi connectivity index (χ1) is 15.5. The summed E-state index contributed by atoms with van der Waals surface area (Å²) < 4.78 is 3.19. The molecule has 0 aliphatic carbocycles. The highest BCUT2D eigenvalue weighted by Crippen LogP contribution is 2.14. The Bertz CT molecular complexity index is 1270. The van der Waals surface area contributed by atoms with Gasteiger partial charge in [0.2, 0.25) is 11.6 Å². The molecule has 4 rings (SSSR count). The molecular formula is C24H24ClN5O2. The Morgan fingerprint density at radius 3 is 2.56 bits per heavy atom. The van der Waals surface area contributed by atoms with Gasteiger partial charge in [-0.1, -0.05) is 48.9 Å². The molecule has 32 heavy (non-hydrogen) atoms. The molecule has 1 amide bonds. The number of hydrogen-bond donors (Lipinski definition) is 1. The third-order valence-corrected chi connectivity index (χ3v) is 5.68. The van der Waals surface area contributed by atoms with E-state index in [1.54, 1.807) is 41.1 Å². The van der Waals surface area contributed by atoms with Crippen molar-refractivity contribution in [2.45, 2.75) is 32.1 Å². The third-order valence-electron chi connectivity index (χ3n) is 5.42. The zero-order chi connectivity index (χ0) is 22.5. The molecule has 2 aromatic carbocycles. The molecule has 0 aliphatic heterocycles. The highest BCUT2D eigenvalue weighted by molar-refractivity contribution is 6.30. The molecule has 2 aromatic heterocycles. The fourth-order valence-electron chi connectivity index (χ4n) is 3.57. The number of rotatable bonds is 8. The molecule has 0 aliphatic rings. The SMILES string of the molecule is C[C@@H](CNC(=O)CCCc1nnc2c(=O)n(-c3ccc(Cl)cc3)ccn12)c1ccccc1. The maximum Gasteiger partial charge on any atom is 0.300 e. The van der Waals surface area contributed by atoms with E-state index in [2.05, 4.69) is 34.6 Å². The molecule has 4 aromatic rings. The van der Waals surface area contributed by atoms with Crippen LogP contribution in [0.3, 0.4) is 0 Å². The Morgan fingerprint density at radius 1 is 1.06 bits per heavy atom. The highest BCUT2D eigenvalue weighted by Gasteiger charge is 2.13. The summed E-state index contributed by atoms with van der Waals surface area (Å²) in [5.74, 6) is 0.918. The zero-order valence-corrected chi connectivity index (χ0v) is 18.5. The van der Waals surface area contributed by atoms with Crippen LogP contribution in [-0.2, 0) is 11.2 Å². The summed E-state index contributed by atoms with van der Waals surface area (Å²) in [6.07, 6.45) is 5.00. The Balaban J connectivity index is 1.34. The minimum atomic E-state index is -0.263. The number of carbonyl (C=O) groups is 1. The first-order valence-electron chi connectivity index (χ1n) is 10.6. The number of hydrogen-bond acceptors (Lipinski definition) is 4. The van der Waals surface area contributed by atoms with E-state index in [1.807, 2.05) is 18.2 Å². The highest BCUT2D eigenvalue weighted by atomic mass is 35.5. The van der Waals surface area contributed by atoms with Crippen LogP contribution < -0.4 is 10.9 Å². The lowest BCUT2D eigenvalue weighted by Gasteiger charge is -2.13. The summed E-state index contributed by atoms with van der Waals surface area (Å²) in [4.78, 5) is 25.1. The number of carbonyl (C=O) groups excluding carboxylic acids is 1. The zero-order valence-electron chi connectivity index (χ0n) is 17.7. The second-order valence-corrected chi connectivity index (χ2v) is 8.17. The molecule has 1 N–H and O–H groups in total. The number of fused-ring (bicyclic) bond motifs is 1. The molecule has 0 unspecified atom stereocenters. The van der Waals surface area contributed by atoms with Crippen LogP contribution in [0.2, 0.25) is 5.02 Å². The van der Waals surface area contributed by atoms with E-state index in [-0.39, 0.29) is 23.0 Å². The minimum Gasteiger partial charge on any atom is -0.356 e. The van der Waals surface area contributed by atoms with Crippen molar-refractivity contribution in [2.75, 3.05) is 6.54 Å². The molecule has 0 bridgehead atoms. The van der Waals surface area contributed by atoms with E-state index in [0.717, 1.165) is 0 Å². The summed E-state index contributed by atoms with van der Waals surface area (Å²) in [6, 6.07) is 17.1. The second kappa shape index (κ2) is 9.78. The largest absolute Gasteiger partial charge is 0.356 e. The van der Waals surface area contributed by atoms with Crippen molar-refractivity contribution in [3.63, 3.8) is 0 Å². The number of halogens is 1. The predicted octanol–water partition coefficient (Wildman–Crippen LogP) is 3.78. The van der Waals surface area contributed by atoms with Crippen LogP contribution >= 0.6 is 11.6 Å². The quantitative estimate of drug-likeness (QED) is 0.444. The van der Waals surface area contributed by atoms with Gasteiger partial charge >= 0.3 is 5.56 Å². The van der Waals surface area contributed by atoms with E-state index in [4.69, 9.17) is 11.6 Å². The number of nitrogens with zero attached hydrogens (tertiary/aromatic N) is 4. The van der Waals surface area contributed by atoms with Crippen molar-refractivity contribution in [1.82, 2.24) is 24.5 Å². The van der Waals surface area contributed by atoms with E-state index in [0.29, 0.717) is 42.3 Å². The standard InChI is InChI=1S/C24H24ClN5O2/c1-17(18-6-3-2-4-7-18)16-26-22(31)9-5-8-21-27-28-23-24(32)29(14-15-30(21)23)20-12-10-19(25)11-13-20/h2-4,6-7,10-15,17H,5,8-9,16H2,1H3,(H,26,31)/t17-/m0/s1. The van der Waals surface area contributed by atoms with Gasteiger partial charge in [0.25, 0.3) is 0 Å². The minimum absolute atomic E-state index is 0.00620. The summed E-state index contributed by atoms with van der Waals surface area (Å²) in [6.45, 7) is 2.69. The molecule has 0 saturated heterocycles. The lowest BCUT2D eigenvalue weighted by atomic mass is 10.0. The summed E-state index contributed by atoms with van der Waals surface area (Å²) in [7, 11) is 0. The van der Waals surface area contributed by atoms with Gasteiger partial charge in [0.05, 0.1) is 0 Å². The number of aryl methyl sites for hydroxylation is 1. The molecule has 1 atom stereocenters. The molecule has 2 heterocycles. The number of benzene rings is 2. The maximum atomic E-state index is 12.8. The summed E-state index contributed by atoms with van der Waals surface area (Å²) in [5.41, 5.74) is 1.89. The van der Waals surface area contributed by atoms with Crippen molar-refractivity contribution in [1.29, 1.82) is 0 Å². The molecule has 7 nitrogen and oxygen atoms in total. The Kier molecular flexibility index (Phi) is 6.66. The first kappa shape index (κ1) is 21.8. The van der Waals surface area contributed by atoms with E-state index in [9.17, 15) is 9.59 Å². The van der Waals surface area contributed by atoms with E-state index in [1.165, 1.54) is 10.1 Å². The average molecular weight is 450 g/mol. The van der Waals surface area contributed by atoms with Crippen molar-refractivity contribution >= 4 is 23.2 Å². The van der Waals surface area contributed by atoms with Crippen molar-refractivity contribution in [3.8, 4) is 5.69 Å². The third kappa shape index (κ3) is 4.89. The molecule has 0 spiro atoms. The van der Waals surface area contributed by atoms with Crippen LogP contribution in [0, 0.1) is 0 Å². The molecule has 164 valence electrons. The van der Waals surface area contributed by atoms with Crippen LogP contribution in [-0.4, -0.2) is 31.6 Å². The van der Waals surface area contributed by atoms with Crippen LogP contribution in [0.5, 0.6) is 0 Å². The number of nitrogens with one attached hydrogen (secondary N) is 1. The fraction of sp³-hybridized carbons (Fsp3) is 0.250. The van der Waals surface area contributed by atoms with Gasteiger partial charge in [-0.3, -0.25) is 18.6 Å². The monoisotopic (exact) mass is 449 g/mol. The molecule has 0 saturated carbocycles. The van der Waals surface area contributed by atoms with Crippen LogP contribution in [0.1, 0.15) is 37.1 Å². The summed E-state index contributed by atoms with van der Waals surface area (Å²) >= 11 is 5.93. The van der Waals surface area contributed by atoms with Gasteiger partial charge in [-0.25, -0.2) is 0 Å². The Hall–Kier alpha value is -3.45. The van der Waals surface area contributed by atoms with Crippen LogP contribution in [0.15, 0.2) is 71.8 Å². The average Bonchev–Trinajstić information content (AvgIpc) is 3.23. The smallest absolute Gasteiger partial charge is 0.300 e. The Morgan fingerprint density at radius 2 is 1.81 bits per heavy atom. The maximum absolute atomic E-state index is 12.8. The van der Waals surface area contributed by atoms with Crippen LogP contribution in [0.4, 0.5) is 0 Å². The Labute approximate surface area is 190 Å². The van der Waals surface area contributed by atoms with E-state index < -0.39 is 0 Å². The number of amides is 1. The van der Waals surface area contributed by atoms with Gasteiger partial charge in [-0.15, -0.1) is 10.2 Å². The van der Waals surface area contributed by atoms with Crippen molar-refractivity contribution < 1.29 is 4.79 Å². The molecular weight excluding hydrogens is 426 g/mol. The fourth-order valence-corrected chi connectivity index (χ4v) is 3.70. The van der Waals surface area contributed by atoms with Gasteiger partial charge in [-0.05, 0) is 42.2 Å². The lowest BCUT2D eigenvalue weighted by Crippen LogP contribution is -2.27. The second-order valence-electron chi connectivity index (χ2n) is 7.73. The van der Waals surface area contributed by atoms with Gasteiger partial charge in [0, 0.05) is 42.5 Å². The topological polar surface area (TPSA) is 81.3 Å². The normalized spacial score (nSPS) is 12.1. The first-order valence-corrected chi connectivity index (χ1v) is 10.9. The van der Waals surface area contributed by atoms with Crippen LogP contribution in [0.25, 0.3) is 11.3 Å². The predicted molar refractivity (Wildman–Crippen MR) is 124 cm³/mol. The van der Waals surface area contributed by atoms with Crippen molar-refractivity contribution in [2.24, 2.45) is 0 Å².